The topological polar surface area (TPSA) is 20.2 Å². The zero-order chi connectivity index (χ0) is 16.0. The molecule has 1 N–H and O–H groups in total. The minimum Gasteiger partial charge on any atom is -0.508 e. The summed E-state index contributed by atoms with van der Waals surface area (Å²) in [5.74, 6) is 1.94. The van der Waals surface area contributed by atoms with Gasteiger partial charge < -0.3 is 5.11 Å². The van der Waals surface area contributed by atoms with Gasteiger partial charge >= 0.3 is 0 Å². The Morgan fingerprint density at radius 1 is 1.26 bits per heavy atom. The summed E-state index contributed by atoms with van der Waals surface area (Å²) in [6, 6.07) is 5.98. The van der Waals surface area contributed by atoms with Gasteiger partial charge in [0, 0.05) is 0 Å². The number of hydrogen-bond donors (Lipinski definition) is 1. The number of phenols is 1. The van der Waals surface area contributed by atoms with Crippen LogP contribution in [-0.4, -0.2) is 5.11 Å². The van der Waals surface area contributed by atoms with Crippen molar-refractivity contribution < 1.29 is 5.11 Å². The van der Waals surface area contributed by atoms with Gasteiger partial charge in [0.05, 0.1) is 0 Å². The third-order valence-electron chi connectivity index (χ3n) is 6.71. The zero-order valence-electron chi connectivity index (χ0n) is 14.4. The molecule has 122 valence electrons. The molecular weight excluding hydrogens is 280 g/mol. The van der Waals surface area contributed by atoms with Gasteiger partial charge in [0.1, 0.15) is 5.75 Å². The highest BCUT2D eigenvalue weighted by Crippen LogP contribution is 2.60. The van der Waals surface area contributed by atoms with E-state index < -0.39 is 0 Å². The van der Waals surface area contributed by atoms with Gasteiger partial charge in [0.25, 0.3) is 0 Å². The van der Waals surface area contributed by atoms with Gasteiger partial charge in [-0.25, -0.2) is 0 Å². The van der Waals surface area contributed by atoms with Crippen LogP contribution in [0.3, 0.4) is 0 Å². The van der Waals surface area contributed by atoms with Crippen LogP contribution >= 0.6 is 0 Å². The van der Waals surface area contributed by atoms with Gasteiger partial charge in [-0.1, -0.05) is 44.1 Å². The molecule has 3 unspecified atom stereocenters. The molecule has 0 spiro atoms. The van der Waals surface area contributed by atoms with Crippen LogP contribution in [0.5, 0.6) is 5.75 Å². The van der Waals surface area contributed by atoms with E-state index in [4.69, 9.17) is 0 Å². The monoisotopic (exact) mass is 308 g/mol. The maximum Gasteiger partial charge on any atom is 0.115 e. The molecule has 0 aromatic heterocycles. The van der Waals surface area contributed by atoms with Crippen molar-refractivity contribution in [2.45, 2.75) is 58.8 Å². The molecule has 0 heterocycles. The Kier molecular flexibility index (Phi) is 3.63. The summed E-state index contributed by atoms with van der Waals surface area (Å²) < 4.78 is 0. The highest BCUT2D eigenvalue weighted by atomic mass is 16.3. The van der Waals surface area contributed by atoms with E-state index in [1.165, 1.54) is 49.7 Å². The molecule has 3 atom stereocenters. The number of aryl methyl sites for hydroxylation is 1. The number of allylic oxidation sites excluding steroid dienone is 4. The highest BCUT2D eigenvalue weighted by molar-refractivity contribution is 5.74. The second kappa shape index (κ2) is 5.54. The van der Waals surface area contributed by atoms with E-state index in [2.05, 4.69) is 32.1 Å². The molecule has 1 fully saturated rings. The fourth-order valence-electron chi connectivity index (χ4n) is 5.47. The Morgan fingerprint density at radius 2 is 2.13 bits per heavy atom. The maximum atomic E-state index is 9.77. The first-order valence-corrected chi connectivity index (χ1v) is 9.35. The maximum absolute atomic E-state index is 9.77. The smallest absolute Gasteiger partial charge is 0.115 e. The number of rotatable bonds is 2. The normalized spacial score (nSPS) is 33.8. The van der Waals surface area contributed by atoms with Crippen LogP contribution in [0.4, 0.5) is 0 Å². The van der Waals surface area contributed by atoms with Crippen molar-refractivity contribution in [3.8, 4) is 5.75 Å². The highest BCUT2D eigenvalue weighted by Gasteiger charge is 2.49. The Bertz CT molecular complexity index is 681. The van der Waals surface area contributed by atoms with Gasteiger partial charge in [-0.05, 0) is 84.6 Å². The number of benzene rings is 1. The third-order valence-corrected chi connectivity index (χ3v) is 6.71. The largest absolute Gasteiger partial charge is 0.508 e. The van der Waals surface area contributed by atoms with Crippen molar-refractivity contribution in [1.29, 1.82) is 0 Å². The predicted octanol–water partition coefficient (Wildman–Crippen LogP) is 5.88. The average Bonchev–Trinajstić information content (AvgIpc) is 2.89. The lowest BCUT2D eigenvalue weighted by molar-refractivity contribution is 0.200. The van der Waals surface area contributed by atoms with Crippen LogP contribution in [0.2, 0.25) is 0 Å². The third kappa shape index (κ3) is 2.28. The quantitative estimate of drug-likeness (QED) is 0.676. The molecule has 23 heavy (non-hydrogen) atoms. The van der Waals surface area contributed by atoms with Gasteiger partial charge in [0.2, 0.25) is 0 Å². The first-order valence-electron chi connectivity index (χ1n) is 9.35. The molecule has 4 rings (SSSR count). The van der Waals surface area contributed by atoms with Crippen LogP contribution in [0.1, 0.15) is 63.5 Å². The van der Waals surface area contributed by atoms with Crippen LogP contribution in [-0.2, 0) is 6.42 Å². The second-order valence-electron chi connectivity index (χ2n) is 7.93. The van der Waals surface area contributed by atoms with Gasteiger partial charge in [-0.15, -0.1) is 0 Å². The van der Waals surface area contributed by atoms with Crippen molar-refractivity contribution in [3.05, 3.63) is 47.1 Å². The average molecular weight is 308 g/mol. The fraction of sp³-hybridized carbons (Fsp3) is 0.545. The minimum atomic E-state index is 0.401. The summed E-state index contributed by atoms with van der Waals surface area (Å²) in [4.78, 5) is 0. The molecule has 0 amide bonds. The molecule has 1 nitrogen and oxygen atoms in total. The van der Waals surface area contributed by atoms with E-state index in [1.807, 2.05) is 12.1 Å². The predicted molar refractivity (Wildman–Crippen MR) is 96.3 cm³/mol. The Morgan fingerprint density at radius 3 is 2.96 bits per heavy atom. The molecule has 1 saturated carbocycles. The van der Waals surface area contributed by atoms with Gasteiger partial charge in [-0.3, -0.25) is 0 Å². The van der Waals surface area contributed by atoms with E-state index in [9.17, 15) is 5.11 Å². The van der Waals surface area contributed by atoms with E-state index >= 15 is 0 Å². The standard InChI is InChI=1S/C22H28O/c1-3-4-5-16-7-11-21-20-9-6-15-14-17(23)8-10-18(15)19(20)12-13-22(16,21)2/h5,8,10,12,14,20-21,23H,3-4,6-7,9,11,13H2,1-2H3/b16-5-. The fourth-order valence-corrected chi connectivity index (χ4v) is 5.47. The van der Waals surface area contributed by atoms with Crippen molar-refractivity contribution in [2.75, 3.05) is 0 Å². The van der Waals surface area contributed by atoms with Crippen molar-refractivity contribution in [3.63, 3.8) is 0 Å². The lowest BCUT2D eigenvalue weighted by Gasteiger charge is -2.45. The van der Waals surface area contributed by atoms with Crippen molar-refractivity contribution >= 4 is 5.57 Å². The van der Waals surface area contributed by atoms with E-state index in [1.54, 1.807) is 11.1 Å². The summed E-state index contributed by atoms with van der Waals surface area (Å²) >= 11 is 0. The molecular formula is C22H28O. The summed E-state index contributed by atoms with van der Waals surface area (Å²) in [5.41, 5.74) is 6.46. The molecule has 0 bridgehead atoms. The minimum absolute atomic E-state index is 0.401. The molecule has 0 radical (unpaired) electrons. The van der Waals surface area contributed by atoms with E-state index in [-0.39, 0.29) is 0 Å². The zero-order valence-corrected chi connectivity index (χ0v) is 14.4. The summed E-state index contributed by atoms with van der Waals surface area (Å²) in [7, 11) is 0. The summed E-state index contributed by atoms with van der Waals surface area (Å²) in [6.07, 6.45) is 13.8. The van der Waals surface area contributed by atoms with Gasteiger partial charge in [-0.2, -0.15) is 0 Å². The van der Waals surface area contributed by atoms with E-state index in [0.29, 0.717) is 11.2 Å². The molecule has 0 aliphatic heterocycles. The lowest BCUT2D eigenvalue weighted by Crippen LogP contribution is -2.35. The molecule has 1 heteroatoms. The van der Waals surface area contributed by atoms with Crippen LogP contribution < -0.4 is 0 Å². The Hall–Kier alpha value is -1.50. The van der Waals surface area contributed by atoms with E-state index in [0.717, 1.165) is 18.3 Å². The number of phenolic OH excluding ortho intramolecular Hbond substituents is 1. The Balaban J connectivity index is 1.72. The van der Waals surface area contributed by atoms with Crippen molar-refractivity contribution in [2.24, 2.45) is 17.3 Å². The summed E-state index contributed by atoms with van der Waals surface area (Å²) in [6.45, 7) is 4.80. The number of aromatic hydroxyl groups is 1. The molecule has 0 saturated heterocycles. The molecule has 3 aliphatic carbocycles. The number of fused-ring (bicyclic) bond motifs is 5. The van der Waals surface area contributed by atoms with Crippen LogP contribution in [0.15, 0.2) is 35.9 Å². The molecule has 1 aromatic rings. The lowest BCUT2D eigenvalue weighted by atomic mass is 9.59. The van der Waals surface area contributed by atoms with Crippen molar-refractivity contribution in [1.82, 2.24) is 0 Å². The summed E-state index contributed by atoms with van der Waals surface area (Å²) in [5, 5.41) is 9.77. The SMILES string of the molecule is CCC/C=C1/CCC2C3CCc4cc(O)ccc4C3=CCC12C. The molecule has 3 aliphatic rings. The first kappa shape index (κ1) is 15.1. The second-order valence-corrected chi connectivity index (χ2v) is 7.93. The Labute approximate surface area is 140 Å². The van der Waals surface area contributed by atoms with Gasteiger partial charge in [0.15, 0.2) is 0 Å². The first-order chi connectivity index (χ1) is 11.1. The molecule has 1 aromatic carbocycles. The van der Waals surface area contributed by atoms with Crippen LogP contribution in [0, 0.1) is 17.3 Å². The number of hydrogen-bond acceptors (Lipinski definition) is 1. The van der Waals surface area contributed by atoms with Crippen LogP contribution in [0.25, 0.3) is 5.57 Å². The number of unbranched alkanes of at least 4 members (excludes halogenated alkanes) is 1.